The Kier molecular flexibility index (Phi) is 4.42. The molecule has 0 aliphatic rings. The van der Waals surface area contributed by atoms with Gasteiger partial charge in [0.25, 0.3) is 5.56 Å². The zero-order valence-corrected chi connectivity index (χ0v) is 12.7. The Morgan fingerprint density at radius 2 is 2.09 bits per heavy atom. The Balaban J connectivity index is 2.61. The molecule has 0 amide bonds. The van der Waals surface area contributed by atoms with Crippen molar-refractivity contribution in [2.45, 2.75) is 20.8 Å². The molecule has 0 radical (unpaired) electrons. The van der Waals surface area contributed by atoms with Crippen LogP contribution in [-0.2, 0) is 9.53 Å². The van der Waals surface area contributed by atoms with Crippen molar-refractivity contribution in [3.05, 3.63) is 50.8 Å². The molecule has 0 spiro atoms. The van der Waals surface area contributed by atoms with Crippen LogP contribution in [-0.4, -0.2) is 17.6 Å². The molecule has 5 heteroatoms. The van der Waals surface area contributed by atoms with Gasteiger partial charge in [-0.3, -0.25) is 4.79 Å². The zero-order chi connectivity index (χ0) is 16.3. The Hall–Kier alpha value is -2.87. The third-order valence-corrected chi connectivity index (χ3v) is 3.24. The molecular formula is C17H16N2O3. The lowest BCUT2D eigenvalue weighted by Crippen LogP contribution is -2.12. The molecule has 1 aromatic heterocycles. The van der Waals surface area contributed by atoms with Crippen molar-refractivity contribution in [3.8, 4) is 6.07 Å². The standard InChI is InChI=1S/C17H16N2O3/c1-4-22-17(21)14(9-18)8-13-7-12-6-10(2)5-11(3)15(12)19-16(13)20/h5-8H,4H2,1-3H3,(H,19,20)/b14-8-. The molecular weight excluding hydrogens is 280 g/mol. The highest BCUT2D eigenvalue weighted by Gasteiger charge is 2.12. The Labute approximate surface area is 127 Å². The van der Waals surface area contributed by atoms with E-state index >= 15 is 0 Å². The first-order valence-electron chi connectivity index (χ1n) is 6.89. The number of nitrogens with zero attached hydrogens (tertiary/aromatic N) is 1. The quantitative estimate of drug-likeness (QED) is 0.536. The number of carbonyl (C=O) groups is 1. The van der Waals surface area contributed by atoms with Gasteiger partial charge in [-0.25, -0.2) is 4.79 Å². The molecule has 112 valence electrons. The lowest BCUT2D eigenvalue weighted by Gasteiger charge is -2.05. The highest BCUT2D eigenvalue weighted by Crippen LogP contribution is 2.19. The number of fused-ring (bicyclic) bond motifs is 1. The van der Waals surface area contributed by atoms with Gasteiger partial charge in [-0.2, -0.15) is 5.26 Å². The summed E-state index contributed by atoms with van der Waals surface area (Å²) in [6.45, 7) is 5.71. The lowest BCUT2D eigenvalue weighted by atomic mass is 10.0. The first-order valence-corrected chi connectivity index (χ1v) is 6.89. The molecule has 0 fully saturated rings. The zero-order valence-electron chi connectivity index (χ0n) is 12.7. The van der Waals surface area contributed by atoms with Crippen LogP contribution in [0.25, 0.3) is 17.0 Å². The number of rotatable bonds is 3. The second kappa shape index (κ2) is 6.27. The molecule has 0 aliphatic heterocycles. The number of nitrogens with one attached hydrogen (secondary N) is 1. The van der Waals surface area contributed by atoms with Crippen molar-refractivity contribution in [2.75, 3.05) is 6.61 Å². The van der Waals surface area contributed by atoms with Crippen LogP contribution in [0.4, 0.5) is 0 Å². The number of esters is 1. The number of aryl methyl sites for hydroxylation is 2. The van der Waals surface area contributed by atoms with Gasteiger partial charge in [0, 0.05) is 5.56 Å². The van der Waals surface area contributed by atoms with E-state index in [1.807, 2.05) is 26.0 Å². The minimum atomic E-state index is -0.732. The van der Waals surface area contributed by atoms with Crippen molar-refractivity contribution in [1.82, 2.24) is 4.98 Å². The van der Waals surface area contributed by atoms with Gasteiger partial charge in [0.15, 0.2) is 0 Å². The van der Waals surface area contributed by atoms with Crippen molar-refractivity contribution in [2.24, 2.45) is 0 Å². The molecule has 0 unspecified atom stereocenters. The Bertz CT molecular complexity index is 870. The molecule has 0 saturated carbocycles. The fourth-order valence-electron chi connectivity index (χ4n) is 2.31. The van der Waals surface area contributed by atoms with Crippen LogP contribution in [0.5, 0.6) is 0 Å². The summed E-state index contributed by atoms with van der Waals surface area (Å²) in [5, 5.41) is 9.90. The number of pyridine rings is 1. The predicted octanol–water partition coefficient (Wildman–Crippen LogP) is 2.62. The van der Waals surface area contributed by atoms with Gasteiger partial charge in [0.1, 0.15) is 11.6 Å². The lowest BCUT2D eigenvalue weighted by molar-refractivity contribution is -0.137. The van der Waals surface area contributed by atoms with Gasteiger partial charge in [-0.15, -0.1) is 0 Å². The molecule has 0 atom stereocenters. The van der Waals surface area contributed by atoms with E-state index in [2.05, 4.69) is 4.98 Å². The number of H-pyrrole nitrogens is 1. The van der Waals surface area contributed by atoms with Gasteiger partial charge in [0.2, 0.25) is 0 Å². The minimum absolute atomic E-state index is 0.171. The fourth-order valence-corrected chi connectivity index (χ4v) is 2.31. The average Bonchev–Trinajstić information content (AvgIpc) is 2.46. The van der Waals surface area contributed by atoms with Crippen LogP contribution >= 0.6 is 0 Å². The third kappa shape index (κ3) is 3.07. The van der Waals surface area contributed by atoms with Crippen molar-refractivity contribution in [1.29, 1.82) is 5.26 Å². The van der Waals surface area contributed by atoms with Crippen molar-refractivity contribution in [3.63, 3.8) is 0 Å². The van der Waals surface area contributed by atoms with Crippen LogP contribution in [0.1, 0.15) is 23.6 Å². The smallest absolute Gasteiger partial charge is 0.348 e. The maximum atomic E-state index is 12.1. The van der Waals surface area contributed by atoms with Crippen LogP contribution in [0.3, 0.4) is 0 Å². The molecule has 5 nitrogen and oxygen atoms in total. The minimum Gasteiger partial charge on any atom is -0.462 e. The van der Waals surface area contributed by atoms with Crippen LogP contribution in [0, 0.1) is 25.2 Å². The predicted molar refractivity (Wildman–Crippen MR) is 84.3 cm³/mol. The molecule has 22 heavy (non-hydrogen) atoms. The summed E-state index contributed by atoms with van der Waals surface area (Å²) in [7, 11) is 0. The third-order valence-electron chi connectivity index (χ3n) is 3.24. The fraction of sp³-hybridized carbons (Fsp3) is 0.235. The summed E-state index contributed by atoms with van der Waals surface area (Å²) in [5.74, 6) is -0.732. The van der Waals surface area contributed by atoms with E-state index < -0.39 is 5.97 Å². The normalized spacial score (nSPS) is 11.3. The number of hydrogen-bond donors (Lipinski definition) is 1. The average molecular weight is 296 g/mol. The number of aromatic amines is 1. The van der Waals surface area contributed by atoms with E-state index in [9.17, 15) is 9.59 Å². The van der Waals surface area contributed by atoms with E-state index in [0.29, 0.717) is 0 Å². The molecule has 1 aromatic carbocycles. The van der Waals surface area contributed by atoms with Gasteiger partial charge >= 0.3 is 5.97 Å². The largest absolute Gasteiger partial charge is 0.462 e. The Morgan fingerprint density at radius 1 is 1.36 bits per heavy atom. The molecule has 2 aromatic rings. The maximum absolute atomic E-state index is 12.1. The molecule has 2 rings (SSSR count). The summed E-state index contributed by atoms with van der Waals surface area (Å²) in [5.41, 5.74) is 2.49. The molecule has 0 saturated heterocycles. The van der Waals surface area contributed by atoms with Gasteiger partial charge in [-0.1, -0.05) is 11.6 Å². The summed E-state index contributed by atoms with van der Waals surface area (Å²) >= 11 is 0. The summed E-state index contributed by atoms with van der Waals surface area (Å²) in [4.78, 5) is 26.6. The first-order chi connectivity index (χ1) is 10.5. The monoisotopic (exact) mass is 296 g/mol. The Morgan fingerprint density at radius 3 is 2.73 bits per heavy atom. The molecule has 0 aliphatic carbocycles. The first kappa shape index (κ1) is 15.5. The van der Waals surface area contributed by atoms with E-state index in [4.69, 9.17) is 10.00 Å². The van der Waals surface area contributed by atoms with Crippen molar-refractivity contribution >= 4 is 22.9 Å². The topological polar surface area (TPSA) is 82.9 Å². The number of aromatic nitrogens is 1. The van der Waals surface area contributed by atoms with Crippen LogP contribution < -0.4 is 5.56 Å². The van der Waals surface area contributed by atoms with E-state index in [1.165, 1.54) is 6.08 Å². The van der Waals surface area contributed by atoms with Crippen LogP contribution in [0.2, 0.25) is 0 Å². The van der Waals surface area contributed by atoms with Gasteiger partial charge < -0.3 is 9.72 Å². The van der Waals surface area contributed by atoms with E-state index in [-0.39, 0.29) is 23.3 Å². The summed E-state index contributed by atoms with van der Waals surface area (Å²) in [6, 6.07) is 7.35. The number of benzene rings is 1. The second-order valence-electron chi connectivity index (χ2n) is 4.99. The van der Waals surface area contributed by atoms with Crippen molar-refractivity contribution < 1.29 is 9.53 Å². The summed E-state index contributed by atoms with van der Waals surface area (Å²) < 4.78 is 4.79. The maximum Gasteiger partial charge on any atom is 0.348 e. The highest BCUT2D eigenvalue weighted by atomic mass is 16.5. The number of nitriles is 1. The van der Waals surface area contributed by atoms with Crippen LogP contribution in [0.15, 0.2) is 28.6 Å². The van der Waals surface area contributed by atoms with Gasteiger partial charge in [0.05, 0.1) is 12.1 Å². The molecule has 1 N–H and O–H groups in total. The number of carbonyl (C=O) groups excluding carboxylic acids is 1. The van der Waals surface area contributed by atoms with E-state index in [1.54, 1.807) is 19.1 Å². The number of hydrogen-bond acceptors (Lipinski definition) is 4. The van der Waals surface area contributed by atoms with Gasteiger partial charge in [-0.05, 0) is 49.9 Å². The molecule has 1 heterocycles. The summed E-state index contributed by atoms with van der Waals surface area (Å²) in [6.07, 6.45) is 1.26. The molecule has 0 bridgehead atoms. The SMILES string of the molecule is CCOC(=O)/C(C#N)=C\c1cc2cc(C)cc(C)c2[nH]c1=O. The second-order valence-corrected chi connectivity index (χ2v) is 4.99. The van der Waals surface area contributed by atoms with E-state index in [0.717, 1.165) is 22.0 Å². The highest BCUT2D eigenvalue weighted by molar-refractivity contribution is 5.98. The number of ether oxygens (including phenoxy) is 1.